The quantitative estimate of drug-likeness (QED) is 0.659. The summed E-state index contributed by atoms with van der Waals surface area (Å²) in [6.07, 6.45) is 0. The minimum atomic E-state index is -0.0494. The number of hydrogen-bond donors (Lipinski definition) is 1. The van der Waals surface area contributed by atoms with Gasteiger partial charge in [-0.1, -0.05) is 42.5 Å². The molecule has 2 aromatic carbocycles. The fourth-order valence-electron chi connectivity index (χ4n) is 2.53. The third-order valence-corrected chi connectivity index (χ3v) is 5.85. The molecule has 1 heterocycles. The molecule has 0 saturated carbocycles. The summed E-state index contributed by atoms with van der Waals surface area (Å²) < 4.78 is 0. The van der Waals surface area contributed by atoms with Crippen molar-refractivity contribution in [2.24, 2.45) is 0 Å². The number of amides is 1. The van der Waals surface area contributed by atoms with Gasteiger partial charge in [-0.25, -0.2) is 0 Å². The highest BCUT2D eigenvalue weighted by Crippen LogP contribution is 2.28. The summed E-state index contributed by atoms with van der Waals surface area (Å²) in [5.74, 6) is 1.91. The molecule has 4 heteroatoms. The molecular weight excluding hydrogens is 334 g/mol. The molecule has 0 radical (unpaired) electrons. The molecule has 0 spiro atoms. The Balaban J connectivity index is 1.82. The minimum Gasteiger partial charge on any atom is -0.355 e. The zero-order valence-electron chi connectivity index (χ0n) is 13.5. The number of benzene rings is 2. The fourth-order valence-corrected chi connectivity index (χ4v) is 4.36. The monoisotopic (exact) mass is 353 g/mol. The minimum absolute atomic E-state index is 0.0494. The third-order valence-electron chi connectivity index (χ3n) is 3.73. The van der Waals surface area contributed by atoms with E-state index in [0.29, 0.717) is 0 Å². The topological polar surface area (TPSA) is 29.1 Å². The van der Waals surface area contributed by atoms with Crippen molar-refractivity contribution in [2.75, 3.05) is 7.05 Å². The van der Waals surface area contributed by atoms with Crippen molar-refractivity contribution >= 4 is 29.0 Å². The van der Waals surface area contributed by atoms with Crippen LogP contribution in [0.2, 0.25) is 0 Å². The maximum atomic E-state index is 12.2. The number of carbonyl (C=O) groups is 1. The molecule has 0 fully saturated rings. The second kappa shape index (κ2) is 8.18. The van der Waals surface area contributed by atoms with Gasteiger partial charge in [-0.05, 0) is 40.3 Å². The highest BCUT2D eigenvalue weighted by atomic mass is 32.2. The van der Waals surface area contributed by atoms with Gasteiger partial charge >= 0.3 is 0 Å². The summed E-state index contributed by atoms with van der Waals surface area (Å²) in [5.41, 5.74) is 4.02. The van der Waals surface area contributed by atoms with Gasteiger partial charge in [0.1, 0.15) is 0 Å². The van der Waals surface area contributed by atoms with Crippen LogP contribution in [-0.4, -0.2) is 13.0 Å². The van der Waals surface area contributed by atoms with E-state index in [9.17, 15) is 4.79 Å². The Labute approximate surface area is 150 Å². The lowest BCUT2D eigenvalue weighted by molar-refractivity contribution is 0.0963. The maximum absolute atomic E-state index is 12.2. The Bertz CT molecular complexity index is 798. The summed E-state index contributed by atoms with van der Waals surface area (Å²) in [4.78, 5) is 13.6. The van der Waals surface area contributed by atoms with Crippen LogP contribution in [0.1, 0.15) is 20.8 Å². The number of thioether (sulfide) groups is 1. The largest absolute Gasteiger partial charge is 0.355 e. The van der Waals surface area contributed by atoms with Crippen LogP contribution in [0.5, 0.6) is 0 Å². The predicted molar refractivity (Wildman–Crippen MR) is 105 cm³/mol. The standard InChI is InChI=1S/C20H19NOS2/c1-21-20(22)18-10-9-15(13-23-14-17-8-5-11-24-17)12-19(18)16-6-3-2-4-7-16/h2-12H,13-14H2,1H3,(H,21,22). The first-order chi connectivity index (χ1) is 11.8. The van der Waals surface area contributed by atoms with Crippen LogP contribution in [-0.2, 0) is 11.5 Å². The third kappa shape index (κ3) is 4.08. The second-order valence-corrected chi connectivity index (χ2v) is 7.42. The molecule has 0 aliphatic rings. The van der Waals surface area contributed by atoms with E-state index in [1.54, 1.807) is 18.4 Å². The zero-order chi connectivity index (χ0) is 16.8. The lowest BCUT2D eigenvalue weighted by atomic mass is 9.97. The summed E-state index contributed by atoms with van der Waals surface area (Å²) in [6, 6.07) is 20.5. The van der Waals surface area contributed by atoms with Crippen LogP contribution < -0.4 is 5.32 Å². The highest BCUT2D eigenvalue weighted by molar-refractivity contribution is 7.97. The van der Waals surface area contributed by atoms with E-state index in [1.165, 1.54) is 10.4 Å². The van der Waals surface area contributed by atoms with Gasteiger partial charge in [0.15, 0.2) is 0 Å². The first-order valence-electron chi connectivity index (χ1n) is 7.78. The van der Waals surface area contributed by atoms with Crippen molar-refractivity contribution in [1.82, 2.24) is 5.32 Å². The molecule has 0 unspecified atom stereocenters. The molecule has 0 aliphatic carbocycles. The molecule has 1 N–H and O–H groups in total. The Kier molecular flexibility index (Phi) is 5.72. The normalized spacial score (nSPS) is 10.5. The molecule has 0 atom stereocenters. The van der Waals surface area contributed by atoms with Gasteiger partial charge in [0.2, 0.25) is 0 Å². The van der Waals surface area contributed by atoms with Gasteiger partial charge in [0.25, 0.3) is 5.91 Å². The Morgan fingerprint density at radius 2 is 1.88 bits per heavy atom. The zero-order valence-corrected chi connectivity index (χ0v) is 15.1. The summed E-state index contributed by atoms with van der Waals surface area (Å²) in [5, 5.41) is 4.84. The average Bonchev–Trinajstić information content (AvgIpc) is 3.15. The average molecular weight is 354 g/mol. The number of carbonyl (C=O) groups excluding carboxylic acids is 1. The van der Waals surface area contributed by atoms with E-state index in [4.69, 9.17) is 0 Å². The molecule has 0 bridgehead atoms. The molecule has 2 nitrogen and oxygen atoms in total. The molecule has 0 aliphatic heterocycles. The van der Waals surface area contributed by atoms with Gasteiger partial charge in [0, 0.05) is 29.0 Å². The van der Waals surface area contributed by atoms with Gasteiger partial charge in [-0.2, -0.15) is 11.8 Å². The van der Waals surface area contributed by atoms with Gasteiger partial charge < -0.3 is 5.32 Å². The van der Waals surface area contributed by atoms with Crippen LogP contribution in [0.3, 0.4) is 0 Å². The van der Waals surface area contributed by atoms with Crippen LogP contribution in [0.25, 0.3) is 11.1 Å². The fraction of sp³-hybridized carbons (Fsp3) is 0.150. The first-order valence-corrected chi connectivity index (χ1v) is 9.82. The lowest BCUT2D eigenvalue weighted by Gasteiger charge is -2.11. The molecule has 3 rings (SSSR count). The van der Waals surface area contributed by atoms with E-state index >= 15 is 0 Å². The van der Waals surface area contributed by atoms with Crippen molar-refractivity contribution in [3.63, 3.8) is 0 Å². The van der Waals surface area contributed by atoms with E-state index in [-0.39, 0.29) is 5.91 Å². The molecule has 0 saturated heterocycles. The van der Waals surface area contributed by atoms with Crippen LogP contribution >= 0.6 is 23.1 Å². The second-order valence-electron chi connectivity index (χ2n) is 5.40. The molecule has 24 heavy (non-hydrogen) atoms. The molecule has 1 aromatic heterocycles. The Morgan fingerprint density at radius 1 is 1.04 bits per heavy atom. The number of thiophene rings is 1. The number of nitrogens with one attached hydrogen (secondary N) is 1. The van der Waals surface area contributed by atoms with E-state index in [2.05, 4.69) is 35.0 Å². The van der Waals surface area contributed by atoms with Crippen molar-refractivity contribution in [3.8, 4) is 11.1 Å². The van der Waals surface area contributed by atoms with E-state index in [0.717, 1.165) is 28.2 Å². The predicted octanol–water partition coefficient (Wildman–Crippen LogP) is 5.21. The lowest BCUT2D eigenvalue weighted by Crippen LogP contribution is -2.18. The van der Waals surface area contributed by atoms with Crippen LogP contribution in [0.4, 0.5) is 0 Å². The van der Waals surface area contributed by atoms with Crippen molar-refractivity contribution in [1.29, 1.82) is 0 Å². The summed E-state index contributed by atoms with van der Waals surface area (Å²) in [6.45, 7) is 0. The van der Waals surface area contributed by atoms with Crippen LogP contribution in [0, 0.1) is 0 Å². The van der Waals surface area contributed by atoms with Crippen molar-refractivity contribution < 1.29 is 4.79 Å². The maximum Gasteiger partial charge on any atom is 0.251 e. The van der Waals surface area contributed by atoms with Gasteiger partial charge in [-0.15, -0.1) is 11.3 Å². The number of rotatable bonds is 6. The molecular formula is C20H19NOS2. The smallest absolute Gasteiger partial charge is 0.251 e. The van der Waals surface area contributed by atoms with Gasteiger partial charge in [-0.3, -0.25) is 4.79 Å². The first kappa shape index (κ1) is 16.8. The SMILES string of the molecule is CNC(=O)c1ccc(CSCc2cccs2)cc1-c1ccccc1. The van der Waals surface area contributed by atoms with E-state index in [1.807, 2.05) is 48.2 Å². The van der Waals surface area contributed by atoms with Crippen molar-refractivity contribution in [3.05, 3.63) is 82.0 Å². The molecule has 3 aromatic rings. The summed E-state index contributed by atoms with van der Waals surface area (Å²) >= 11 is 3.69. The van der Waals surface area contributed by atoms with Crippen molar-refractivity contribution in [2.45, 2.75) is 11.5 Å². The highest BCUT2D eigenvalue weighted by Gasteiger charge is 2.12. The van der Waals surface area contributed by atoms with Gasteiger partial charge in [0.05, 0.1) is 0 Å². The Hall–Kier alpha value is -2.04. The molecule has 1 amide bonds. The number of hydrogen-bond acceptors (Lipinski definition) is 3. The van der Waals surface area contributed by atoms with Crippen LogP contribution in [0.15, 0.2) is 66.0 Å². The Morgan fingerprint density at radius 3 is 2.58 bits per heavy atom. The molecule has 122 valence electrons. The summed E-state index contributed by atoms with van der Waals surface area (Å²) in [7, 11) is 1.67. The van der Waals surface area contributed by atoms with E-state index < -0.39 is 0 Å².